The second kappa shape index (κ2) is 13.0. The molecule has 3 aromatic heterocycles. The number of aliphatic hydroxyl groups excluding tert-OH is 2. The molecule has 3 fully saturated rings. The lowest BCUT2D eigenvalue weighted by molar-refractivity contribution is -0.108. The highest BCUT2D eigenvalue weighted by molar-refractivity contribution is 8.07. The molecule has 3 aliphatic heterocycles. The smallest absolute Gasteiger partial charge is 0.330 e. The van der Waals surface area contributed by atoms with Crippen molar-refractivity contribution >= 4 is 62.3 Å². The molecule has 0 radical (unpaired) electrons. The van der Waals surface area contributed by atoms with E-state index in [-0.39, 0.29) is 28.8 Å². The number of H-pyrrole nitrogens is 1. The fraction of sp³-hybridized carbons (Fsp3) is 0.478. The van der Waals surface area contributed by atoms with Gasteiger partial charge in [0, 0.05) is 12.4 Å². The predicted octanol–water partition coefficient (Wildman–Crippen LogP) is -1.42. The molecule has 1 amide bonds. The first-order valence-corrected chi connectivity index (χ1v) is 17.3. The van der Waals surface area contributed by atoms with Crippen LogP contribution in [0.4, 0.5) is 11.8 Å². The van der Waals surface area contributed by atoms with Crippen molar-refractivity contribution in [3.8, 4) is 0 Å². The van der Waals surface area contributed by atoms with Crippen LogP contribution in [0, 0.1) is 6.92 Å². The quantitative estimate of drug-likeness (QED) is 0.0669. The molecule has 20 nitrogen and oxygen atoms in total. The number of nitrogen functional groups attached to an aromatic ring is 1. The molecule has 10 atom stereocenters. The van der Waals surface area contributed by atoms with E-state index < -0.39 is 83.2 Å². The number of aromatic amines is 1. The first kappa shape index (κ1) is 33.0. The molecular weight excluding hydrogens is 674 g/mol. The lowest BCUT2D eigenvalue weighted by Crippen LogP contribution is -2.36. The zero-order valence-electron chi connectivity index (χ0n) is 23.7. The number of carbonyl (C=O) groups excluding carboxylic acids is 1. The number of hydrogen-bond donors (Lipinski definition) is 8. The predicted molar refractivity (Wildman–Crippen MR) is 162 cm³/mol. The van der Waals surface area contributed by atoms with Gasteiger partial charge in [-0.1, -0.05) is 0 Å². The summed E-state index contributed by atoms with van der Waals surface area (Å²) in [6.45, 7) is -3.41. The molecule has 10 N–H and O–H groups in total. The van der Waals surface area contributed by atoms with E-state index in [9.17, 15) is 29.6 Å². The normalized spacial score (nSPS) is 35.7. The number of nitrogens with one attached hydrogen (secondary N) is 2. The van der Waals surface area contributed by atoms with E-state index in [1.807, 2.05) is 0 Å². The summed E-state index contributed by atoms with van der Waals surface area (Å²) in [7, 11) is -2.71. The fourth-order valence-electron chi connectivity index (χ4n) is 5.39. The molecule has 3 aliphatic rings. The molecule has 6 rings (SSSR count). The van der Waals surface area contributed by atoms with Crippen molar-refractivity contribution in [2.45, 2.75) is 56.0 Å². The van der Waals surface area contributed by atoms with Gasteiger partial charge in [0.2, 0.25) is 18.3 Å². The van der Waals surface area contributed by atoms with Crippen molar-refractivity contribution in [3.05, 3.63) is 40.4 Å². The molecule has 3 saturated heterocycles. The van der Waals surface area contributed by atoms with Crippen LogP contribution in [-0.2, 0) is 44.2 Å². The van der Waals surface area contributed by atoms with Crippen molar-refractivity contribution < 1.29 is 52.4 Å². The number of anilines is 1. The van der Waals surface area contributed by atoms with Crippen LogP contribution in [0.3, 0.4) is 0 Å². The van der Waals surface area contributed by atoms with E-state index in [0.29, 0.717) is 12.0 Å². The number of nitrogens with zero attached hydrogens (tertiary/aromatic N) is 4. The van der Waals surface area contributed by atoms with Gasteiger partial charge in [0.15, 0.2) is 18.1 Å². The molecule has 2 bridgehead atoms. The van der Waals surface area contributed by atoms with Crippen LogP contribution in [0.5, 0.6) is 0 Å². The minimum absolute atomic E-state index is 0.101. The average Bonchev–Trinajstić information content (AvgIpc) is 3.72. The van der Waals surface area contributed by atoms with Crippen LogP contribution in [0.15, 0.2) is 34.3 Å². The maximum Gasteiger partial charge on any atom is 0.330 e. The van der Waals surface area contributed by atoms with Gasteiger partial charge in [-0.3, -0.25) is 24.4 Å². The van der Waals surface area contributed by atoms with Crippen molar-refractivity contribution in [2.75, 3.05) is 18.9 Å². The maximum absolute atomic E-state index is 12.4. The maximum atomic E-state index is 12.4. The molecule has 6 heterocycles. The Morgan fingerprint density at radius 1 is 1.20 bits per heavy atom. The van der Waals surface area contributed by atoms with Crippen LogP contribution < -0.4 is 22.3 Å². The summed E-state index contributed by atoms with van der Waals surface area (Å²) < 4.78 is 37.4. The van der Waals surface area contributed by atoms with Gasteiger partial charge in [0.05, 0.1) is 18.6 Å². The zero-order valence-corrected chi connectivity index (χ0v) is 26.3. The molecule has 0 spiro atoms. The summed E-state index contributed by atoms with van der Waals surface area (Å²) in [5, 5.41) is 24.8. The van der Waals surface area contributed by atoms with Crippen molar-refractivity contribution in [3.63, 3.8) is 0 Å². The number of fused-ring (bicyclic) bond motifs is 4. The highest BCUT2D eigenvalue weighted by atomic mass is 32.5. The van der Waals surface area contributed by atoms with Crippen molar-refractivity contribution in [1.29, 1.82) is 0 Å². The van der Waals surface area contributed by atoms with Gasteiger partial charge in [-0.2, -0.15) is 9.98 Å². The molecule has 0 aromatic carbocycles. The lowest BCUT2D eigenvalue weighted by atomic mass is 10.1. The monoisotopic (exact) mass is 704 g/mol. The topological polar surface area (TPSA) is 285 Å². The Bertz CT molecular complexity index is 1750. The Hall–Kier alpha value is -2.88. The molecule has 0 saturated carbocycles. The number of carbonyl (C=O) groups is 1. The largest absolute Gasteiger partial charge is 0.387 e. The van der Waals surface area contributed by atoms with Crippen LogP contribution in [-0.4, -0.2) is 101 Å². The number of ether oxygens (including phenoxy) is 2. The number of aliphatic imine (C=N–C) groups is 1. The molecule has 250 valence electrons. The highest BCUT2D eigenvalue weighted by Crippen LogP contribution is 2.52. The number of hydrogen-bond acceptors (Lipinski definition) is 15. The van der Waals surface area contributed by atoms with Crippen LogP contribution in [0.1, 0.15) is 18.0 Å². The molecule has 10 unspecified atom stereocenters. The average molecular weight is 705 g/mol. The standard InChI is InChI=1S/C23H30N8O12P2S/c1-9-2-4-30(17(9)27-22(24)26-8-32)20-14(34)15-12(41-20)7-39-45(37,46)43-16-13(33)11(6-38-44(36)42-15)40-21(16)31-5-3-10-18(31)28-23(25)29-19(10)35/h2-5,8,11-16,20-21,33-34,36H,6-7H2,1H3,(H,37,46)(H3,24,26,27,32)(H3,25,28,29,35). The van der Waals surface area contributed by atoms with E-state index in [4.69, 9.17) is 50.8 Å². The number of nitrogens with two attached hydrogens (primary N) is 2. The highest BCUT2D eigenvalue weighted by Gasteiger charge is 2.51. The molecule has 23 heteroatoms. The van der Waals surface area contributed by atoms with Gasteiger partial charge in [-0.05, 0) is 36.4 Å². The summed E-state index contributed by atoms with van der Waals surface area (Å²) >= 11 is 5.27. The third-order valence-corrected chi connectivity index (χ3v) is 9.86. The first-order valence-electron chi connectivity index (χ1n) is 13.6. The van der Waals surface area contributed by atoms with E-state index in [2.05, 4.69) is 20.3 Å². The SMILES string of the molecule is Cc1ccn(C2OC3COP(O)(=S)OC4C(O)C(COP(O)OC3C2O)OC4n2ccc3c(=O)[nH]c(N)nc32)c1N=C(N)NC=O. The number of rotatable bonds is 4. The first-order chi connectivity index (χ1) is 21.9. The van der Waals surface area contributed by atoms with Crippen LogP contribution >= 0.6 is 15.3 Å². The van der Waals surface area contributed by atoms with E-state index >= 15 is 0 Å². The van der Waals surface area contributed by atoms with Gasteiger partial charge in [-0.15, -0.1) is 0 Å². The second-order valence-corrected chi connectivity index (χ2v) is 14.2. The number of guanidine groups is 1. The molecular formula is C23H30N8O12P2S. The number of aliphatic hydroxyl groups is 2. The van der Waals surface area contributed by atoms with Crippen LogP contribution in [0.2, 0.25) is 0 Å². The Kier molecular flexibility index (Phi) is 9.31. The minimum Gasteiger partial charge on any atom is -0.387 e. The Morgan fingerprint density at radius 3 is 2.70 bits per heavy atom. The van der Waals surface area contributed by atoms with Gasteiger partial charge < -0.3 is 63.6 Å². The Morgan fingerprint density at radius 2 is 1.93 bits per heavy atom. The number of aromatic nitrogens is 4. The third kappa shape index (κ3) is 6.35. The number of aryl methyl sites for hydroxylation is 1. The van der Waals surface area contributed by atoms with Crippen LogP contribution in [0.25, 0.3) is 11.0 Å². The molecule has 3 aromatic rings. The summed E-state index contributed by atoms with van der Waals surface area (Å²) in [5.41, 5.74) is 11.7. The van der Waals surface area contributed by atoms with Crippen molar-refractivity contribution in [2.24, 2.45) is 10.7 Å². The number of amides is 1. The van der Waals surface area contributed by atoms with E-state index in [0.717, 1.165) is 0 Å². The van der Waals surface area contributed by atoms with E-state index in [1.165, 1.54) is 21.4 Å². The third-order valence-electron chi connectivity index (χ3n) is 7.50. The molecule has 46 heavy (non-hydrogen) atoms. The minimum atomic E-state index is -4.20. The fourth-order valence-corrected chi connectivity index (χ4v) is 7.61. The van der Waals surface area contributed by atoms with Gasteiger partial charge in [0.1, 0.15) is 42.4 Å². The van der Waals surface area contributed by atoms with Gasteiger partial charge in [-0.25, -0.2) is 0 Å². The summed E-state index contributed by atoms with van der Waals surface area (Å²) in [6.07, 6.45) is -6.90. The van der Waals surface area contributed by atoms with Gasteiger partial charge >= 0.3 is 15.3 Å². The summed E-state index contributed by atoms with van der Waals surface area (Å²) in [4.78, 5) is 55.7. The summed E-state index contributed by atoms with van der Waals surface area (Å²) in [5.74, 6) is -0.140. The summed E-state index contributed by atoms with van der Waals surface area (Å²) in [6, 6.07) is 3.13. The van der Waals surface area contributed by atoms with Crippen molar-refractivity contribution in [1.82, 2.24) is 24.4 Å². The Labute approximate surface area is 265 Å². The van der Waals surface area contributed by atoms with E-state index in [1.54, 1.807) is 19.2 Å². The Balaban J connectivity index is 1.28. The molecule has 0 aliphatic carbocycles. The lowest BCUT2D eigenvalue weighted by Gasteiger charge is -2.27. The van der Waals surface area contributed by atoms with Gasteiger partial charge in [0.25, 0.3) is 5.56 Å². The zero-order chi connectivity index (χ0) is 32.9. The second-order valence-electron chi connectivity index (χ2n) is 10.4.